The van der Waals surface area contributed by atoms with E-state index in [0.29, 0.717) is 5.92 Å². The highest BCUT2D eigenvalue weighted by Crippen LogP contribution is 2.24. The zero-order valence-electron chi connectivity index (χ0n) is 11.4. The van der Waals surface area contributed by atoms with Gasteiger partial charge in [0, 0.05) is 6.04 Å². The Morgan fingerprint density at radius 3 is 2.47 bits per heavy atom. The van der Waals surface area contributed by atoms with Crippen molar-refractivity contribution in [3.63, 3.8) is 0 Å². The van der Waals surface area contributed by atoms with Crippen LogP contribution in [0.25, 0.3) is 0 Å². The summed E-state index contributed by atoms with van der Waals surface area (Å²) in [6, 6.07) is 5.58. The fraction of sp³-hybridized carbons (Fsp3) is 0.600. The van der Waals surface area contributed by atoms with Gasteiger partial charge in [-0.2, -0.15) is 0 Å². The third-order valence-corrected chi connectivity index (χ3v) is 3.25. The minimum absolute atomic E-state index is 0.132. The summed E-state index contributed by atoms with van der Waals surface area (Å²) in [4.78, 5) is 0. The second kappa shape index (κ2) is 6.75. The summed E-state index contributed by atoms with van der Waals surface area (Å²) in [5.74, 6) is 0.523. The molecule has 0 fully saturated rings. The Labute approximate surface area is 104 Å². The number of halogens is 1. The second-order valence-corrected chi connectivity index (χ2v) is 4.92. The molecule has 0 spiro atoms. The van der Waals surface area contributed by atoms with Gasteiger partial charge in [0.15, 0.2) is 0 Å². The first-order valence-electron chi connectivity index (χ1n) is 6.57. The Hall–Kier alpha value is -0.890. The van der Waals surface area contributed by atoms with Crippen LogP contribution in [0.2, 0.25) is 0 Å². The smallest absolute Gasteiger partial charge is 0.123 e. The lowest BCUT2D eigenvalue weighted by Gasteiger charge is -2.22. The summed E-state index contributed by atoms with van der Waals surface area (Å²) in [5.41, 5.74) is 2.07. The summed E-state index contributed by atoms with van der Waals surface area (Å²) in [5, 5.41) is 3.45. The van der Waals surface area contributed by atoms with Crippen molar-refractivity contribution in [2.45, 2.75) is 46.6 Å². The largest absolute Gasteiger partial charge is 0.310 e. The molecule has 1 aromatic carbocycles. The van der Waals surface area contributed by atoms with Crippen LogP contribution in [0.4, 0.5) is 4.39 Å². The molecular weight excluding hydrogens is 213 g/mol. The van der Waals surface area contributed by atoms with Crippen molar-refractivity contribution in [3.05, 3.63) is 35.1 Å². The number of rotatable bonds is 6. The summed E-state index contributed by atoms with van der Waals surface area (Å²) in [6.45, 7) is 9.40. The van der Waals surface area contributed by atoms with Gasteiger partial charge in [0.2, 0.25) is 0 Å². The highest BCUT2D eigenvalue weighted by Gasteiger charge is 2.14. The first-order valence-corrected chi connectivity index (χ1v) is 6.57. The number of aryl methyl sites for hydroxylation is 1. The molecule has 0 aliphatic carbocycles. The van der Waals surface area contributed by atoms with Crippen LogP contribution in [0.5, 0.6) is 0 Å². The van der Waals surface area contributed by atoms with Crippen LogP contribution < -0.4 is 5.32 Å². The highest BCUT2D eigenvalue weighted by molar-refractivity contribution is 5.26. The molecule has 1 nitrogen and oxygen atoms in total. The average molecular weight is 237 g/mol. The van der Waals surface area contributed by atoms with Crippen molar-refractivity contribution in [2.24, 2.45) is 5.92 Å². The predicted octanol–water partition coefficient (Wildman–Crippen LogP) is 4.22. The lowest BCUT2D eigenvalue weighted by molar-refractivity contribution is 0.407. The van der Waals surface area contributed by atoms with Gasteiger partial charge in [-0.1, -0.05) is 33.3 Å². The van der Waals surface area contributed by atoms with Crippen LogP contribution in [-0.2, 0) is 0 Å². The van der Waals surface area contributed by atoms with E-state index < -0.39 is 0 Å². The number of benzene rings is 1. The summed E-state index contributed by atoms with van der Waals surface area (Å²) >= 11 is 0. The van der Waals surface area contributed by atoms with Gasteiger partial charge < -0.3 is 5.32 Å². The summed E-state index contributed by atoms with van der Waals surface area (Å²) in [6.07, 6.45) is 2.23. The van der Waals surface area contributed by atoms with Crippen molar-refractivity contribution < 1.29 is 4.39 Å². The van der Waals surface area contributed by atoms with Crippen molar-refractivity contribution in [2.75, 3.05) is 6.54 Å². The van der Waals surface area contributed by atoms with E-state index in [0.717, 1.165) is 30.5 Å². The fourth-order valence-electron chi connectivity index (χ4n) is 2.12. The molecule has 1 aromatic rings. The van der Waals surface area contributed by atoms with Crippen LogP contribution in [0.15, 0.2) is 18.2 Å². The van der Waals surface area contributed by atoms with Crippen molar-refractivity contribution in [1.82, 2.24) is 5.32 Å². The standard InChI is InChI=1S/C15H24FN/c1-5-11(3)9-15(17-6-2)13-7-12(4)8-14(16)10-13/h7-8,10-11,15,17H,5-6,9H2,1-4H3. The molecule has 1 rings (SSSR count). The molecule has 0 heterocycles. The minimum Gasteiger partial charge on any atom is -0.310 e. The highest BCUT2D eigenvalue weighted by atomic mass is 19.1. The minimum atomic E-state index is -0.132. The first-order chi connectivity index (χ1) is 8.06. The Balaban J connectivity index is 2.88. The average Bonchev–Trinajstić information content (AvgIpc) is 2.27. The zero-order valence-corrected chi connectivity index (χ0v) is 11.4. The van der Waals surface area contributed by atoms with Gasteiger partial charge in [-0.15, -0.1) is 0 Å². The molecule has 17 heavy (non-hydrogen) atoms. The van der Waals surface area contributed by atoms with Crippen molar-refractivity contribution >= 4 is 0 Å². The van der Waals surface area contributed by atoms with Gasteiger partial charge in [0.1, 0.15) is 5.82 Å². The third-order valence-electron chi connectivity index (χ3n) is 3.25. The molecule has 1 N–H and O–H groups in total. The molecule has 0 aliphatic rings. The second-order valence-electron chi connectivity index (χ2n) is 4.92. The molecular formula is C15H24FN. The Bertz CT molecular complexity index is 329. The normalized spacial score (nSPS) is 14.6. The molecule has 0 saturated carbocycles. The van der Waals surface area contributed by atoms with Crippen LogP contribution in [0.1, 0.15) is 50.8 Å². The third kappa shape index (κ3) is 4.47. The molecule has 0 bridgehead atoms. The summed E-state index contributed by atoms with van der Waals surface area (Å²) in [7, 11) is 0. The lowest BCUT2D eigenvalue weighted by Crippen LogP contribution is -2.23. The van der Waals surface area contributed by atoms with E-state index in [1.165, 1.54) is 0 Å². The van der Waals surface area contributed by atoms with E-state index >= 15 is 0 Å². The van der Waals surface area contributed by atoms with Gasteiger partial charge in [0.25, 0.3) is 0 Å². The number of hydrogen-bond donors (Lipinski definition) is 1. The molecule has 96 valence electrons. The number of nitrogens with one attached hydrogen (secondary N) is 1. The van der Waals surface area contributed by atoms with E-state index in [1.54, 1.807) is 12.1 Å². The van der Waals surface area contributed by atoms with Crippen LogP contribution >= 0.6 is 0 Å². The molecule has 0 aliphatic heterocycles. The molecule has 2 heteroatoms. The van der Waals surface area contributed by atoms with Crippen LogP contribution in [0, 0.1) is 18.7 Å². The van der Waals surface area contributed by atoms with Crippen molar-refractivity contribution in [1.29, 1.82) is 0 Å². The maximum absolute atomic E-state index is 13.4. The van der Waals surface area contributed by atoms with Crippen molar-refractivity contribution in [3.8, 4) is 0 Å². The lowest BCUT2D eigenvalue weighted by atomic mass is 9.93. The molecule has 0 radical (unpaired) electrons. The zero-order chi connectivity index (χ0) is 12.8. The molecule has 2 atom stereocenters. The monoisotopic (exact) mass is 237 g/mol. The molecule has 0 aromatic heterocycles. The SMILES string of the molecule is CCNC(CC(C)CC)c1cc(C)cc(F)c1. The van der Waals surface area contributed by atoms with E-state index in [9.17, 15) is 4.39 Å². The molecule has 2 unspecified atom stereocenters. The van der Waals surface area contributed by atoms with Gasteiger partial charge in [-0.05, 0) is 49.1 Å². The van der Waals surface area contributed by atoms with Gasteiger partial charge in [-0.3, -0.25) is 0 Å². The first kappa shape index (κ1) is 14.2. The Morgan fingerprint density at radius 2 is 1.94 bits per heavy atom. The van der Waals surface area contributed by atoms with Crippen LogP contribution in [0.3, 0.4) is 0 Å². The topological polar surface area (TPSA) is 12.0 Å². The predicted molar refractivity (Wildman–Crippen MR) is 71.6 cm³/mol. The maximum Gasteiger partial charge on any atom is 0.123 e. The molecule has 0 amide bonds. The Morgan fingerprint density at radius 1 is 1.24 bits per heavy atom. The van der Waals surface area contributed by atoms with E-state index in [4.69, 9.17) is 0 Å². The quantitative estimate of drug-likeness (QED) is 0.781. The van der Waals surface area contributed by atoms with Gasteiger partial charge in [0.05, 0.1) is 0 Å². The van der Waals surface area contributed by atoms with Gasteiger partial charge in [-0.25, -0.2) is 4.39 Å². The van der Waals surface area contributed by atoms with Gasteiger partial charge >= 0.3 is 0 Å². The van der Waals surface area contributed by atoms with Crippen LogP contribution in [-0.4, -0.2) is 6.54 Å². The fourth-order valence-corrected chi connectivity index (χ4v) is 2.12. The van der Waals surface area contributed by atoms with E-state index in [-0.39, 0.29) is 11.9 Å². The Kier molecular flexibility index (Phi) is 5.63. The van der Waals surface area contributed by atoms with E-state index in [2.05, 4.69) is 32.2 Å². The number of hydrogen-bond acceptors (Lipinski definition) is 1. The van der Waals surface area contributed by atoms with E-state index in [1.807, 2.05) is 6.92 Å². The molecule has 0 saturated heterocycles. The summed E-state index contributed by atoms with van der Waals surface area (Å²) < 4.78 is 13.4. The maximum atomic E-state index is 13.4.